The minimum absolute atomic E-state index is 0.167. The lowest BCUT2D eigenvalue weighted by Gasteiger charge is -2.13. The van der Waals surface area contributed by atoms with Gasteiger partial charge >= 0.3 is 0 Å². The molecule has 1 aliphatic heterocycles. The number of hydrogen-bond donors (Lipinski definition) is 1. The van der Waals surface area contributed by atoms with E-state index in [9.17, 15) is 4.39 Å². The predicted molar refractivity (Wildman–Crippen MR) is 58.8 cm³/mol. The van der Waals surface area contributed by atoms with Gasteiger partial charge in [0.05, 0.1) is 5.39 Å². The molecule has 0 bridgehead atoms. The molecule has 1 unspecified atom stereocenters. The summed E-state index contributed by atoms with van der Waals surface area (Å²) >= 11 is 0. The highest BCUT2D eigenvalue weighted by atomic mass is 19.1. The van der Waals surface area contributed by atoms with Crippen molar-refractivity contribution in [1.82, 2.24) is 5.16 Å². The summed E-state index contributed by atoms with van der Waals surface area (Å²) < 4.78 is 18.4. The minimum Gasteiger partial charge on any atom is -0.352 e. The molecule has 3 rings (SSSR count). The van der Waals surface area contributed by atoms with Gasteiger partial charge in [-0.05, 0) is 18.6 Å². The summed E-state index contributed by atoms with van der Waals surface area (Å²) in [4.78, 5) is 2.04. The Bertz CT molecular complexity index is 525. The second-order valence-electron chi connectivity index (χ2n) is 4.12. The number of anilines is 1. The SMILES string of the molecule is NC1CCN(c2noc3c(F)cccc23)C1. The van der Waals surface area contributed by atoms with Gasteiger partial charge in [-0.25, -0.2) is 4.39 Å². The van der Waals surface area contributed by atoms with Crippen LogP contribution in [0.4, 0.5) is 10.2 Å². The molecule has 0 spiro atoms. The monoisotopic (exact) mass is 221 g/mol. The first kappa shape index (κ1) is 9.59. The van der Waals surface area contributed by atoms with Gasteiger partial charge in [-0.15, -0.1) is 0 Å². The van der Waals surface area contributed by atoms with E-state index in [1.54, 1.807) is 6.07 Å². The molecule has 84 valence electrons. The smallest absolute Gasteiger partial charge is 0.204 e. The number of halogens is 1. The molecule has 0 amide bonds. The maximum Gasteiger partial charge on any atom is 0.204 e. The van der Waals surface area contributed by atoms with E-state index in [4.69, 9.17) is 10.3 Å². The number of nitrogens with zero attached hydrogens (tertiary/aromatic N) is 2. The highest BCUT2D eigenvalue weighted by molar-refractivity contribution is 5.89. The summed E-state index contributed by atoms with van der Waals surface area (Å²) in [5, 5.41) is 4.64. The summed E-state index contributed by atoms with van der Waals surface area (Å²) in [5.74, 6) is 0.321. The van der Waals surface area contributed by atoms with Gasteiger partial charge in [0.25, 0.3) is 0 Å². The van der Waals surface area contributed by atoms with E-state index in [1.165, 1.54) is 6.07 Å². The summed E-state index contributed by atoms with van der Waals surface area (Å²) in [5.41, 5.74) is 6.05. The number of hydrogen-bond acceptors (Lipinski definition) is 4. The molecule has 0 aliphatic carbocycles. The zero-order chi connectivity index (χ0) is 11.1. The Morgan fingerprint density at radius 2 is 2.38 bits per heavy atom. The maximum atomic E-state index is 13.4. The number of rotatable bonds is 1. The third kappa shape index (κ3) is 1.36. The molecule has 5 heteroatoms. The van der Waals surface area contributed by atoms with Crippen LogP contribution in [0.25, 0.3) is 11.0 Å². The molecule has 1 fully saturated rings. The van der Waals surface area contributed by atoms with Crippen LogP contribution < -0.4 is 10.6 Å². The largest absolute Gasteiger partial charge is 0.352 e. The van der Waals surface area contributed by atoms with E-state index >= 15 is 0 Å². The van der Waals surface area contributed by atoms with Crippen molar-refractivity contribution in [2.24, 2.45) is 5.73 Å². The first-order valence-corrected chi connectivity index (χ1v) is 5.30. The van der Waals surface area contributed by atoms with Crippen molar-refractivity contribution in [2.75, 3.05) is 18.0 Å². The predicted octanol–water partition coefficient (Wildman–Crippen LogP) is 1.50. The van der Waals surface area contributed by atoms with Gasteiger partial charge < -0.3 is 15.2 Å². The zero-order valence-electron chi connectivity index (χ0n) is 8.69. The van der Waals surface area contributed by atoms with Crippen molar-refractivity contribution in [3.63, 3.8) is 0 Å². The Kier molecular flexibility index (Phi) is 2.07. The fourth-order valence-corrected chi connectivity index (χ4v) is 2.12. The van der Waals surface area contributed by atoms with Crippen LogP contribution in [0.15, 0.2) is 22.7 Å². The van der Waals surface area contributed by atoms with Gasteiger partial charge in [0.2, 0.25) is 5.58 Å². The van der Waals surface area contributed by atoms with Gasteiger partial charge in [0, 0.05) is 19.1 Å². The highest BCUT2D eigenvalue weighted by Gasteiger charge is 2.24. The number of nitrogens with two attached hydrogens (primary N) is 1. The van der Waals surface area contributed by atoms with Crippen molar-refractivity contribution < 1.29 is 8.91 Å². The molecular formula is C11H12FN3O. The number of fused-ring (bicyclic) bond motifs is 1. The fourth-order valence-electron chi connectivity index (χ4n) is 2.12. The van der Waals surface area contributed by atoms with Crippen LogP contribution >= 0.6 is 0 Å². The molecular weight excluding hydrogens is 209 g/mol. The van der Waals surface area contributed by atoms with Crippen LogP contribution in [0, 0.1) is 5.82 Å². The van der Waals surface area contributed by atoms with E-state index in [0.29, 0.717) is 11.2 Å². The first-order chi connectivity index (χ1) is 7.75. The number of para-hydroxylation sites is 1. The fraction of sp³-hybridized carbons (Fsp3) is 0.364. The Balaban J connectivity index is 2.08. The quantitative estimate of drug-likeness (QED) is 0.793. The van der Waals surface area contributed by atoms with Crippen molar-refractivity contribution in [3.05, 3.63) is 24.0 Å². The topological polar surface area (TPSA) is 55.3 Å². The third-order valence-corrected chi connectivity index (χ3v) is 2.96. The Morgan fingerprint density at radius 3 is 3.12 bits per heavy atom. The van der Waals surface area contributed by atoms with E-state index in [0.717, 1.165) is 19.5 Å². The van der Waals surface area contributed by atoms with Crippen molar-refractivity contribution in [3.8, 4) is 0 Å². The minimum atomic E-state index is -0.375. The number of aromatic nitrogens is 1. The van der Waals surface area contributed by atoms with Crippen molar-refractivity contribution in [1.29, 1.82) is 0 Å². The average Bonchev–Trinajstić information content (AvgIpc) is 2.84. The molecule has 2 N–H and O–H groups in total. The van der Waals surface area contributed by atoms with E-state index in [1.807, 2.05) is 11.0 Å². The molecule has 1 aliphatic rings. The Morgan fingerprint density at radius 1 is 1.50 bits per heavy atom. The summed E-state index contributed by atoms with van der Waals surface area (Å²) in [6.07, 6.45) is 0.934. The van der Waals surface area contributed by atoms with Crippen LogP contribution in [0.2, 0.25) is 0 Å². The van der Waals surface area contributed by atoms with Gasteiger partial charge in [0.1, 0.15) is 0 Å². The van der Waals surface area contributed by atoms with E-state index in [2.05, 4.69) is 5.16 Å². The first-order valence-electron chi connectivity index (χ1n) is 5.30. The molecule has 2 heterocycles. The molecule has 4 nitrogen and oxygen atoms in total. The standard InChI is InChI=1S/C11H12FN3O/c12-9-3-1-2-8-10(9)16-14-11(8)15-5-4-7(13)6-15/h1-3,7H,4-6,13H2. The van der Waals surface area contributed by atoms with Crippen LogP contribution in [0.5, 0.6) is 0 Å². The lowest BCUT2D eigenvalue weighted by atomic mass is 10.2. The molecule has 1 atom stereocenters. The van der Waals surface area contributed by atoms with Crippen molar-refractivity contribution >= 4 is 16.8 Å². The summed E-state index contributed by atoms with van der Waals surface area (Å²) in [6, 6.07) is 5.01. The van der Waals surface area contributed by atoms with Crippen LogP contribution in [-0.2, 0) is 0 Å². The molecule has 1 aromatic carbocycles. The van der Waals surface area contributed by atoms with Crippen LogP contribution in [-0.4, -0.2) is 24.3 Å². The van der Waals surface area contributed by atoms with Crippen LogP contribution in [0.1, 0.15) is 6.42 Å². The van der Waals surface area contributed by atoms with Gasteiger partial charge in [-0.2, -0.15) is 0 Å². The molecule has 16 heavy (non-hydrogen) atoms. The summed E-state index contributed by atoms with van der Waals surface area (Å²) in [7, 11) is 0. The normalized spacial score (nSPS) is 20.9. The van der Waals surface area contributed by atoms with Gasteiger partial charge in [-0.1, -0.05) is 11.2 Å². The van der Waals surface area contributed by atoms with Crippen LogP contribution in [0.3, 0.4) is 0 Å². The molecule has 0 saturated carbocycles. The molecule has 0 radical (unpaired) electrons. The zero-order valence-corrected chi connectivity index (χ0v) is 8.69. The van der Waals surface area contributed by atoms with E-state index in [-0.39, 0.29) is 17.4 Å². The Hall–Kier alpha value is -1.62. The van der Waals surface area contributed by atoms with Gasteiger partial charge in [0.15, 0.2) is 11.6 Å². The third-order valence-electron chi connectivity index (χ3n) is 2.96. The number of benzene rings is 1. The molecule has 1 aromatic heterocycles. The average molecular weight is 221 g/mol. The molecule has 1 saturated heterocycles. The lowest BCUT2D eigenvalue weighted by Crippen LogP contribution is -2.26. The highest BCUT2D eigenvalue weighted by Crippen LogP contribution is 2.29. The second kappa shape index (κ2) is 3.45. The van der Waals surface area contributed by atoms with Crippen molar-refractivity contribution in [2.45, 2.75) is 12.5 Å². The van der Waals surface area contributed by atoms with E-state index < -0.39 is 0 Å². The maximum absolute atomic E-state index is 13.4. The molecule has 2 aromatic rings. The summed E-state index contributed by atoms with van der Waals surface area (Å²) in [6.45, 7) is 1.59. The Labute approximate surface area is 91.8 Å². The van der Waals surface area contributed by atoms with Gasteiger partial charge in [-0.3, -0.25) is 0 Å². The lowest BCUT2D eigenvalue weighted by molar-refractivity contribution is 0.440. The second-order valence-corrected chi connectivity index (χ2v) is 4.12.